The second kappa shape index (κ2) is 4.48. The Morgan fingerprint density at radius 3 is 2.62 bits per heavy atom. The normalized spacial score (nSPS) is 35.3. The van der Waals surface area contributed by atoms with Gasteiger partial charge in [0.1, 0.15) is 0 Å². The summed E-state index contributed by atoms with van der Waals surface area (Å²) >= 11 is 0. The van der Waals surface area contributed by atoms with E-state index in [1.807, 2.05) is 0 Å². The lowest BCUT2D eigenvalue weighted by Gasteiger charge is -2.41. The monoisotopic (exact) mass is 182 g/mol. The molecule has 1 rings (SSSR count). The van der Waals surface area contributed by atoms with Crippen molar-refractivity contribution < 1.29 is 0 Å². The van der Waals surface area contributed by atoms with Crippen LogP contribution in [0.5, 0.6) is 0 Å². The highest BCUT2D eigenvalue weighted by molar-refractivity contribution is 4.84. The van der Waals surface area contributed by atoms with E-state index in [9.17, 15) is 0 Å². The molecule has 0 amide bonds. The van der Waals surface area contributed by atoms with Crippen LogP contribution in [0.3, 0.4) is 0 Å². The summed E-state index contributed by atoms with van der Waals surface area (Å²) in [6, 6.07) is 0. The lowest BCUT2D eigenvalue weighted by atomic mass is 9.64. The molecule has 0 nitrogen and oxygen atoms in total. The highest BCUT2D eigenvalue weighted by Gasteiger charge is 2.33. The van der Waals surface area contributed by atoms with Crippen molar-refractivity contribution in [2.75, 3.05) is 0 Å². The second-order valence-electron chi connectivity index (χ2n) is 5.56. The molecule has 0 radical (unpaired) electrons. The lowest BCUT2D eigenvalue weighted by molar-refractivity contribution is 0.0977. The van der Waals surface area contributed by atoms with E-state index in [0.29, 0.717) is 5.41 Å². The molecule has 0 saturated heterocycles. The van der Waals surface area contributed by atoms with Crippen LogP contribution in [-0.4, -0.2) is 0 Å². The van der Waals surface area contributed by atoms with E-state index in [1.165, 1.54) is 38.5 Å². The molecule has 0 spiro atoms. The molecule has 0 aromatic heterocycles. The molecular formula is C13H26. The first-order chi connectivity index (χ1) is 6.08. The average molecular weight is 182 g/mol. The van der Waals surface area contributed by atoms with Crippen molar-refractivity contribution in [1.82, 2.24) is 0 Å². The minimum Gasteiger partial charge on any atom is -0.0654 e. The van der Waals surface area contributed by atoms with Gasteiger partial charge in [0.15, 0.2) is 0 Å². The molecule has 0 N–H and O–H groups in total. The standard InChI is InChI=1S/C13H26/c1-5-7-12-8-6-9-13(4,10-12)11(2)3/h11-12H,5-10H2,1-4H3. The van der Waals surface area contributed by atoms with Crippen molar-refractivity contribution in [3.63, 3.8) is 0 Å². The molecular weight excluding hydrogens is 156 g/mol. The molecule has 1 aliphatic carbocycles. The van der Waals surface area contributed by atoms with Crippen LogP contribution in [0, 0.1) is 17.3 Å². The Bertz CT molecular complexity index is 146. The Morgan fingerprint density at radius 2 is 2.08 bits per heavy atom. The van der Waals surface area contributed by atoms with Crippen LogP contribution in [0.4, 0.5) is 0 Å². The molecule has 0 heterocycles. The summed E-state index contributed by atoms with van der Waals surface area (Å²) in [5.74, 6) is 1.90. The van der Waals surface area contributed by atoms with Gasteiger partial charge >= 0.3 is 0 Å². The second-order valence-corrected chi connectivity index (χ2v) is 5.56. The van der Waals surface area contributed by atoms with Crippen LogP contribution >= 0.6 is 0 Å². The van der Waals surface area contributed by atoms with Crippen LogP contribution < -0.4 is 0 Å². The molecule has 2 atom stereocenters. The van der Waals surface area contributed by atoms with Gasteiger partial charge in [-0.05, 0) is 30.1 Å². The third-order valence-electron chi connectivity index (χ3n) is 4.21. The van der Waals surface area contributed by atoms with Gasteiger partial charge in [-0.2, -0.15) is 0 Å². The fourth-order valence-electron chi connectivity index (χ4n) is 2.84. The number of rotatable bonds is 3. The zero-order chi connectivity index (χ0) is 9.90. The molecule has 0 aliphatic heterocycles. The van der Waals surface area contributed by atoms with Gasteiger partial charge in [-0.1, -0.05) is 53.4 Å². The van der Waals surface area contributed by atoms with Gasteiger partial charge in [0.2, 0.25) is 0 Å². The predicted octanol–water partition coefficient (Wildman–Crippen LogP) is 4.64. The van der Waals surface area contributed by atoms with E-state index in [0.717, 1.165) is 11.8 Å². The van der Waals surface area contributed by atoms with Crippen molar-refractivity contribution in [2.24, 2.45) is 17.3 Å². The first-order valence-corrected chi connectivity index (χ1v) is 6.08. The molecule has 0 aromatic carbocycles. The SMILES string of the molecule is CCCC1CCCC(C)(C(C)C)C1. The zero-order valence-electron chi connectivity index (χ0n) is 9.90. The van der Waals surface area contributed by atoms with Gasteiger partial charge in [0, 0.05) is 0 Å². The Balaban J connectivity index is 2.49. The summed E-state index contributed by atoms with van der Waals surface area (Å²) in [6.07, 6.45) is 8.75. The van der Waals surface area contributed by atoms with Crippen LogP contribution in [0.1, 0.15) is 66.2 Å². The summed E-state index contributed by atoms with van der Waals surface area (Å²) in [5.41, 5.74) is 0.651. The largest absolute Gasteiger partial charge is 0.0654 e. The van der Waals surface area contributed by atoms with Crippen LogP contribution in [0.2, 0.25) is 0 Å². The Kier molecular flexibility index (Phi) is 3.82. The van der Waals surface area contributed by atoms with E-state index in [-0.39, 0.29) is 0 Å². The highest BCUT2D eigenvalue weighted by Crippen LogP contribution is 2.45. The molecule has 0 bridgehead atoms. The van der Waals surface area contributed by atoms with Crippen molar-refractivity contribution >= 4 is 0 Å². The van der Waals surface area contributed by atoms with Crippen LogP contribution in [0.25, 0.3) is 0 Å². The molecule has 13 heavy (non-hydrogen) atoms. The molecule has 1 fully saturated rings. The topological polar surface area (TPSA) is 0 Å². The summed E-state index contributed by atoms with van der Waals surface area (Å²) in [5, 5.41) is 0. The third kappa shape index (κ3) is 2.72. The van der Waals surface area contributed by atoms with E-state index >= 15 is 0 Å². The number of hydrogen-bond acceptors (Lipinski definition) is 0. The van der Waals surface area contributed by atoms with Crippen molar-refractivity contribution in [3.05, 3.63) is 0 Å². The molecule has 78 valence electrons. The molecule has 1 aliphatic rings. The predicted molar refractivity (Wildman–Crippen MR) is 59.8 cm³/mol. The maximum Gasteiger partial charge on any atom is -0.0300 e. The third-order valence-corrected chi connectivity index (χ3v) is 4.21. The van der Waals surface area contributed by atoms with E-state index in [4.69, 9.17) is 0 Å². The average Bonchev–Trinajstić information content (AvgIpc) is 2.04. The fourth-order valence-corrected chi connectivity index (χ4v) is 2.84. The summed E-state index contributed by atoms with van der Waals surface area (Å²) in [7, 11) is 0. The molecule has 2 unspecified atom stereocenters. The highest BCUT2D eigenvalue weighted by atomic mass is 14.4. The van der Waals surface area contributed by atoms with Crippen molar-refractivity contribution in [2.45, 2.75) is 66.2 Å². The van der Waals surface area contributed by atoms with Gasteiger partial charge in [-0.3, -0.25) is 0 Å². The van der Waals surface area contributed by atoms with Gasteiger partial charge in [-0.25, -0.2) is 0 Å². The van der Waals surface area contributed by atoms with Crippen molar-refractivity contribution in [1.29, 1.82) is 0 Å². The van der Waals surface area contributed by atoms with E-state index < -0.39 is 0 Å². The molecule has 1 saturated carbocycles. The number of hydrogen-bond donors (Lipinski definition) is 0. The summed E-state index contributed by atoms with van der Waals surface area (Å²) < 4.78 is 0. The van der Waals surface area contributed by atoms with Crippen molar-refractivity contribution in [3.8, 4) is 0 Å². The Morgan fingerprint density at radius 1 is 1.38 bits per heavy atom. The summed E-state index contributed by atoms with van der Waals surface area (Å²) in [6.45, 7) is 9.61. The minimum atomic E-state index is 0.651. The van der Waals surface area contributed by atoms with Gasteiger partial charge < -0.3 is 0 Å². The van der Waals surface area contributed by atoms with Gasteiger partial charge in [0.25, 0.3) is 0 Å². The van der Waals surface area contributed by atoms with Crippen LogP contribution in [0.15, 0.2) is 0 Å². The first kappa shape index (κ1) is 11.1. The lowest BCUT2D eigenvalue weighted by Crippen LogP contribution is -2.30. The zero-order valence-corrected chi connectivity index (χ0v) is 9.90. The summed E-state index contributed by atoms with van der Waals surface area (Å²) in [4.78, 5) is 0. The quantitative estimate of drug-likeness (QED) is 0.596. The van der Waals surface area contributed by atoms with Gasteiger partial charge in [0.05, 0.1) is 0 Å². The maximum absolute atomic E-state index is 2.50. The maximum atomic E-state index is 2.50. The molecule has 0 heteroatoms. The smallest absolute Gasteiger partial charge is 0.0300 e. The van der Waals surface area contributed by atoms with E-state index in [2.05, 4.69) is 27.7 Å². The molecule has 0 aromatic rings. The van der Waals surface area contributed by atoms with Crippen LogP contribution in [-0.2, 0) is 0 Å². The Hall–Kier alpha value is 0. The Labute approximate surface area is 84.1 Å². The minimum absolute atomic E-state index is 0.651. The van der Waals surface area contributed by atoms with Gasteiger partial charge in [-0.15, -0.1) is 0 Å². The fraction of sp³-hybridized carbons (Fsp3) is 1.00. The first-order valence-electron chi connectivity index (χ1n) is 6.08. The van der Waals surface area contributed by atoms with E-state index in [1.54, 1.807) is 0 Å².